The van der Waals surface area contributed by atoms with Crippen LogP contribution in [-0.4, -0.2) is 30.3 Å². The summed E-state index contributed by atoms with van der Waals surface area (Å²) < 4.78 is 11.5. The molecule has 3 atom stereocenters. The second-order valence-corrected chi connectivity index (χ2v) is 8.30. The Bertz CT molecular complexity index is 681. The zero-order valence-electron chi connectivity index (χ0n) is 15.7. The fraction of sp³-hybridized carbons (Fsp3) is 0.632. The number of nitrogens with one attached hydrogen (secondary N) is 1. The van der Waals surface area contributed by atoms with Crippen LogP contribution in [0, 0.1) is 11.3 Å². The summed E-state index contributed by atoms with van der Waals surface area (Å²) >= 11 is 6.26. The topological polar surface area (TPSA) is 73.6 Å². The van der Waals surface area contributed by atoms with Crippen molar-refractivity contribution >= 4 is 35.6 Å². The Morgan fingerprint density at radius 1 is 1.42 bits per heavy atom. The fourth-order valence-electron chi connectivity index (χ4n) is 4.20. The number of rotatable bonds is 4. The highest BCUT2D eigenvalue weighted by molar-refractivity contribution is 6.32. The maximum absolute atomic E-state index is 13.0. The summed E-state index contributed by atoms with van der Waals surface area (Å²) in [6.45, 7) is 8.63. The molecule has 0 radical (unpaired) electrons. The largest absolute Gasteiger partial charge is 0.489 e. The molecular formula is C19H28Cl2N2O3. The van der Waals surface area contributed by atoms with Gasteiger partial charge in [0.15, 0.2) is 0 Å². The lowest BCUT2D eigenvalue weighted by Crippen LogP contribution is -2.81. The lowest BCUT2D eigenvalue weighted by molar-refractivity contribution is -0.222. The molecule has 0 bridgehead atoms. The molecule has 5 nitrogen and oxygen atoms in total. The van der Waals surface area contributed by atoms with Gasteiger partial charge in [0.2, 0.25) is 5.91 Å². The molecule has 1 aromatic rings. The summed E-state index contributed by atoms with van der Waals surface area (Å²) in [6.07, 6.45) is 1.93. The smallest absolute Gasteiger partial charge is 0.245 e. The normalized spacial score (nSPS) is 29.2. The average molecular weight is 403 g/mol. The van der Waals surface area contributed by atoms with Gasteiger partial charge >= 0.3 is 0 Å². The highest BCUT2D eigenvalue weighted by atomic mass is 35.5. The van der Waals surface area contributed by atoms with Crippen LogP contribution >= 0.6 is 24.0 Å². The van der Waals surface area contributed by atoms with E-state index in [-0.39, 0.29) is 36.4 Å². The maximum Gasteiger partial charge on any atom is 0.245 e. The van der Waals surface area contributed by atoms with Crippen molar-refractivity contribution in [3.8, 4) is 5.75 Å². The molecule has 26 heavy (non-hydrogen) atoms. The molecular weight excluding hydrogens is 375 g/mol. The predicted molar refractivity (Wildman–Crippen MR) is 106 cm³/mol. The van der Waals surface area contributed by atoms with Crippen LogP contribution in [0.4, 0.5) is 5.69 Å². The van der Waals surface area contributed by atoms with Gasteiger partial charge in [0.1, 0.15) is 11.3 Å². The van der Waals surface area contributed by atoms with E-state index in [0.717, 1.165) is 19.4 Å². The summed E-state index contributed by atoms with van der Waals surface area (Å²) in [7, 11) is 0. The molecule has 3 rings (SSSR count). The summed E-state index contributed by atoms with van der Waals surface area (Å²) in [6, 6.07) is 5.24. The third-order valence-electron chi connectivity index (χ3n) is 5.61. The lowest BCUT2D eigenvalue weighted by atomic mass is 9.46. The molecule has 1 aliphatic heterocycles. The van der Waals surface area contributed by atoms with E-state index in [1.54, 1.807) is 18.2 Å². The summed E-state index contributed by atoms with van der Waals surface area (Å²) in [5.74, 6) is 0.468. The number of carbonyl (C=O) groups excluding carboxylic acids is 1. The van der Waals surface area contributed by atoms with Crippen LogP contribution < -0.4 is 15.8 Å². The van der Waals surface area contributed by atoms with Crippen molar-refractivity contribution in [2.75, 3.05) is 11.9 Å². The number of halogens is 2. The molecule has 1 aromatic carbocycles. The highest BCUT2D eigenvalue weighted by Crippen LogP contribution is 2.57. The van der Waals surface area contributed by atoms with Crippen LogP contribution in [-0.2, 0) is 9.53 Å². The number of carbonyl (C=O) groups is 1. The maximum atomic E-state index is 13.0. The van der Waals surface area contributed by atoms with Crippen molar-refractivity contribution in [3.63, 3.8) is 0 Å². The zero-order valence-corrected chi connectivity index (χ0v) is 17.2. The first-order valence-corrected chi connectivity index (χ1v) is 9.24. The minimum atomic E-state index is -0.947. The van der Waals surface area contributed by atoms with E-state index < -0.39 is 11.0 Å². The first-order chi connectivity index (χ1) is 11.7. The van der Waals surface area contributed by atoms with Crippen molar-refractivity contribution in [3.05, 3.63) is 23.2 Å². The Morgan fingerprint density at radius 3 is 2.73 bits per heavy atom. The van der Waals surface area contributed by atoms with Crippen molar-refractivity contribution in [2.24, 2.45) is 17.1 Å². The van der Waals surface area contributed by atoms with Gasteiger partial charge in [0, 0.05) is 23.6 Å². The zero-order chi connectivity index (χ0) is 18.4. The van der Waals surface area contributed by atoms with Crippen molar-refractivity contribution in [1.82, 2.24) is 0 Å². The van der Waals surface area contributed by atoms with Gasteiger partial charge in [-0.3, -0.25) is 4.79 Å². The van der Waals surface area contributed by atoms with Gasteiger partial charge in [0.05, 0.1) is 17.2 Å². The van der Waals surface area contributed by atoms with Gasteiger partial charge in [-0.1, -0.05) is 25.4 Å². The number of amides is 1. The summed E-state index contributed by atoms with van der Waals surface area (Å²) in [5, 5.41) is 3.40. The van der Waals surface area contributed by atoms with E-state index in [1.807, 2.05) is 27.7 Å². The Balaban J connectivity index is 0.00000243. The quantitative estimate of drug-likeness (QED) is 0.797. The van der Waals surface area contributed by atoms with E-state index >= 15 is 0 Å². The lowest BCUT2D eigenvalue weighted by Gasteiger charge is -2.65. The Hall–Kier alpha value is -1.01. The van der Waals surface area contributed by atoms with Crippen LogP contribution in [0.5, 0.6) is 5.75 Å². The van der Waals surface area contributed by atoms with Crippen LogP contribution in [0.25, 0.3) is 0 Å². The van der Waals surface area contributed by atoms with Gasteiger partial charge in [-0.05, 0) is 44.9 Å². The first-order valence-electron chi connectivity index (χ1n) is 8.86. The van der Waals surface area contributed by atoms with E-state index in [0.29, 0.717) is 16.5 Å². The molecule has 3 N–H and O–H groups in total. The molecule has 1 saturated heterocycles. The van der Waals surface area contributed by atoms with Crippen LogP contribution in [0.2, 0.25) is 5.02 Å². The van der Waals surface area contributed by atoms with Gasteiger partial charge in [-0.2, -0.15) is 0 Å². The van der Waals surface area contributed by atoms with Crippen LogP contribution in [0.15, 0.2) is 18.2 Å². The summed E-state index contributed by atoms with van der Waals surface area (Å²) in [5.41, 5.74) is 5.87. The number of hydrogen-bond donors (Lipinski definition) is 2. The molecule has 146 valence electrons. The molecule has 0 spiro atoms. The number of anilines is 1. The molecule has 2 aliphatic rings. The molecule has 0 aromatic heterocycles. The van der Waals surface area contributed by atoms with Gasteiger partial charge in [-0.25, -0.2) is 0 Å². The number of hydrogen-bond acceptors (Lipinski definition) is 4. The van der Waals surface area contributed by atoms with Crippen molar-refractivity contribution in [2.45, 2.75) is 58.3 Å². The second kappa shape index (κ2) is 7.55. The van der Waals surface area contributed by atoms with E-state index in [1.165, 1.54) is 0 Å². The number of fused-ring (bicyclic) bond motifs is 1. The molecule has 1 amide bonds. The minimum absolute atomic E-state index is 0. The molecule has 1 saturated carbocycles. The number of benzene rings is 1. The SMILES string of the molecule is CC(C)Oc1ccc(NC(=O)C2(N)C3CCCOC3C2(C)C)cc1Cl.Cl. The monoisotopic (exact) mass is 402 g/mol. The highest BCUT2D eigenvalue weighted by Gasteiger charge is 2.70. The first kappa shape index (κ1) is 21.3. The van der Waals surface area contributed by atoms with Gasteiger partial charge in [-0.15, -0.1) is 12.4 Å². The Kier molecular flexibility index (Phi) is 6.18. The van der Waals surface area contributed by atoms with Gasteiger partial charge in [0.25, 0.3) is 0 Å². The molecule has 3 unspecified atom stereocenters. The molecule has 7 heteroatoms. The van der Waals surface area contributed by atoms with E-state index in [9.17, 15) is 4.79 Å². The van der Waals surface area contributed by atoms with Crippen molar-refractivity contribution < 1.29 is 14.3 Å². The molecule has 1 aliphatic carbocycles. The standard InChI is InChI=1S/C19H27ClN2O3.ClH/c1-11(2)25-15-8-7-12(10-14(15)20)22-17(23)19(21)13-6-5-9-24-16(13)18(19,3)4;/h7-8,10-11,13,16H,5-6,9,21H2,1-4H3,(H,22,23);1H. The number of nitrogens with two attached hydrogens (primary N) is 1. The second-order valence-electron chi connectivity index (χ2n) is 7.90. The van der Waals surface area contributed by atoms with E-state index in [4.69, 9.17) is 26.8 Å². The van der Waals surface area contributed by atoms with Gasteiger partial charge < -0.3 is 20.5 Å². The Morgan fingerprint density at radius 2 is 2.12 bits per heavy atom. The molecule has 1 heterocycles. The summed E-state index contributed by atoms with van der Waals surface area (Å²) in [4.78, 5) is 13.0. The average Bonchev–Trinajstić information content (AvgIpc) is 2.56. The fourth-order valence-corrected chi connectivity index (χ4v) is 4.42. The third kappa shape index (κ3) is 3.31. The van der Waals surface area contributed by atoms with Crippen molar-refractivity contribution in [1.29, 1.82) is 0 Å². The minimum Gasteiger partial charge on any atom is -0.489 e. The molecule has 2 fully saturated rings. The predicted octanol–water partition coefficient (Wildman–Crippen LogP) is 4.02. The van der Waals surface area contributed by atoms with Crippen LogP contribution in [0.3, 0.4) is 0 Å². The van der Waals surface area contributed by atoms with Crippen LogP contribution in [0.1, 0.15) is 40.5 Å². The Labute approximate surface area is 166 Å². The third-order valence-corrected chi connectivity index (χ3v) is 5.91. The van der Waals surface area contributed by atoms with E-state index in [2.05, 4.69) is 5.32 Å². The number of ether oxygens (including phenoxy) is 2.